The lowest BCUT2D eigenvalue weighted by molar-refractivity contribution is -0.579. The van der Waals surface area contributed by atoms with Gasteiger partial charge in [-0.25, -0.2) is 0 Å². The molecule has 0 saturated heterocycles. The second-order valence-corrected chi connectivity index (χ2v) is 6.70. The van der Waals surface area contributed by atoms with Crippen LogP contribution in [0.4, 0.5) is 0 Å². The van der Waals surface area contributed by atoms with Gasteiger partial charge in [0, 0.05) is 28.4 Å². The average molecular weight is 331 g/mol. The molecule has 2 aromatic heterocycles. The average Bonchev–Trinajstić information content (AvgIpc) is 3.03. The molecule has 0 aliphatic heterocycles. The van der Waals surface area contributed by atoms with Crippen molar-refractivity contribution in [3.63, 3.8) is 0 Å². The molecule has 0 N–H and O–H groups in total. The van der Waals surface area contributed by atoms with Gasteiger partial charge in [-0.05, 0) is 28.0 Å². The highest BCUT2D eigenvalue weighted by Gasteiger charge is 2.31. The van der Waals surface area contributed by atoms with E-state index in [2.05, 4.69) is 78.9 Å². The molecule has 120 valence electrons. The van der Waals surface area contributed by atoms with Crippen molar-refractivity contribution in [3.05, 3.63) is 91.1 Å². The highest BCUT2D eigenvalue weighted by atomic mass is 15.2. The number of hydrogen-bond acceptors (Lipinski definition) is 1. The zero-order valence-electron chi connectivity index (χ0n) is 14.1. The van der Waals surface area contributed by atoms with Gasteiger partial charge in [0.05, 0.1) is 5.56 Å². The maximum atomic E-state index is 5.00. The lowest BCUT2D eigenvalue weighted by atomic mass is 9.95. The Kier molecular flexibility index (Phi) is 2.64. The Labute approximate surface area is 151 Å². The SMILES string of the molecule is c1ccc(-c2c3c(n[n+]4ccccc24)-c2cccc4cccc-3c24)cc1. The normalized spacial score (nSPS) is 11.8. The molecule has 5 aromatic rings. The van der Waals surface area contributed by atoms with Crippen molar-refractivity contribution in [3.8, 4) is 33.5 Å². The van der Waals surface area contributed by atoms with Gasteiger partial charge >= 0.3 is 0 Å². The van der Waals surface area contributed by atoms with Crippen LogP contribution in [0.25, 0.3) is 49.8 Å². The second-order valence-electron chi connectivity index (χ2n) is 6.70. The maximum absolute atomic E-state index is 5.00. The standard InChI is InChI=1S/C24H15N2/c1-2-8-17(9-3-1)22-20-14-4-5-15-26(20)25-24-19-13-7-11-16-10-6-12-18(21(16)19)23(22)24/h1-15H/q+1. The lowest BCUT2D eigenvalue weighted by Crippen LogP contribution is -2.27. The minimum Gasteiger partial charge on any atom is -0.0622 e. The van der Waals surface area contributed by atoms with Crippen LogP contribution in [0.3, 0.4) is 0 Å². The van der Waals surface area contributed by atoms with Crippen molar-refractivity contribution in [2.75, 3.05) is 0 Å². The molecule has 0 radical (unpaired) electrons. The molecule has 0 fully saturated rings. The molecule has 0 saturated carbocycles. The first-order chi connectivity index (χ1) is 12.9. The van der Waals surface area contributed by atoms with Crippen LogP contribution >= 0.6 is 0 Å². The minimum atomic E-state index is 1.07. The Bertz CT molecular complexity index is 1320. The van der Waals surface area contributed by atoms with E-state index in [9.17, 15) is 0 Å². The van der Waals surface area contributed by atoms with Crippen LogP contribution in [-0.2, 0) is 0 Å². The summed E-state index contributed by atoms with van der Waals surface area (Å²) in [6.07, 6.45) is 2.03. The first-order valence-electron chi connectivity index (χ1n) is 8.84. The fourth-order valence-corrected chi connectivity index (χ4v) is 4.22. The van der Waals surface area contributed by atoms with Crippen LogP contribution in [-0.4, -0.2) is 5.10 Å². The van der Waals surface area contributed by atoms with Crippen LogP contribution < -0.4 is 4.52 Å². The van der Waals surface area contributed by atoms with Crippen molar-refractivity contribution in [1.29, 1.82) is 0 Å². The lowest BCUT2D eigenvalue weighted by Gasteiger charge is -2.09. The van der Waals surface area contributed by atoms with Crippen LogP contribution in [0.1, 0.15) is 0 Å². The molecule has 1 aliphatic carbocycles. The predicted molar refractivity (Wildman–Crippen MR) is 105 cm³/mol. The monoisotopic (exact) mass is 331 g/mol. The topological polar surface area (TPSA) is 17.0 Å². The third-order valence-corrected chi connectivity index (χ3v) is 5.28. The summed E-state index contributed by atoms with van der Waals surface area (Å²) in [6.45, 7) is 0. The molecule has 2 heteroatoms. The molecular formula is C24H15N2+. The van der Waals surface area contributed by atoms with E-state index in [1.54, 1.807) is 0 Å². The molecule has 2 heterocycles. The van der Waals surface area contributed by atoms with Crippen LogP contribution in [0.2, 0.25) is 0 Å². The molecule has 0 atom stereocenters. The summed E-state index contributed by atoms with van der Waals surface area (Å²) in [4.78, 5) is 0. The number of pyridine rings is 1. The van der Waals surface area contributed by atoms with E-state index < -0.39 is 0 Å². The van der Waals surface area contributed by atoms with Gasteiger partial charge in [-0.15, -0.1) is 0 Å². The Hall–Kier alpha value is -3.52. The van der Waals surface area contributed by atoms with Crippen molar-refractivity contribution in [1.82, 2.24) is 5.10 Å². The first kappa shape index (κ1) is 13.7. The zero-order valence-corrected chi connectivity index (χ0v) is 14.1. The smallest absolute Gasteiger partial charge is 0.0622 e. The molecule has 26 heavy (non-hydrogen) atoms. The number of benzene rings is 3. The molecule has 0 unspecified atom stereocenters. The van der Waals surface area contributed by atoms with E-state index in [0.29, 0.717) is 0 Å². The highest BCUT2D eigenvalue weighted by molar-refractivity contribution is 6.18. The van der Waals surface area contributed by atoms with Crippen LogP contribution in [0, 0.1) is 0 Å². The van der Waals surface area contributed by atoms with E-state index in [0.717, 1.165) is 11.2 Å². The highest BCUT2D eigenvalue weighted by Crippen LogP contribution is 2.50. The number of hydrogen-bond donors (Lipinski definition) is 0. The Morgan fingerprint density at radius 2 is 1.38 bits per heavy atom. The number of rotatable bonds is 1. The summed E-state index contributed by atoms with van der Waals surface area (Å²) in [6, 6.07) is 30.0. The molecule has 0 spiro atoms. The number of fused-ring (bicyclic) bond motifs is 4. The summed E-state index contributed by atoms with van der Waals surface area (Å²) in [5, 5.41) is 7.58. The van der Waals surface area contributed by atoms with Crippen molar-refractivity contribution < 1.29 is 4.52 Å². The summed E-state index contributed by atoms with van der Waals surface area (Å²) >= 11 is 0. The van der Waals surface area contributed by atoms with Gasteiger partial charge in [-0.1, -0.05) is 71.2 Å². The molecule has 0 amide bonds. The third kappa shape index (κ3) is 1.71. The molecular weight excluding hydrogens is 316 g/mol. The second kappa shape index (κ2) is 4.99. The van der Waals surface area contributed by atoms with Gasteiger partial charge in [0.1, 0.15) is 5.69 Å². The number of nitrogens with zero attached hydrogens (tertiary/aromatic N) is 2. The molecule has 2 nitrogen and oxygen atoms in total. The Morgan fingerprint density at radius 1 is 0.615 bits per heavy atom. The minimum absolute atomic E-state index is 1.07. The van der Waals surface area contributed by atoms with Gasteiger partial charge in [-0.3, -0.25) is 0 Å². The molecule has 6 rings (SSSR count). The quantitative estimate of drug-likeness (QED) is 0.374. The Balaban J connectivity index is 1.87. The molecule has 3 aromatic carbocycles. The molecule has 0 bridgehead atoms. The van der Waals surface area contributed by atoms with Gasteiger partial charge in [0.25, 0.3) is 0 Å². The van der Waals surface area contributed by atoms with Gasteiger partial charge in [0.15, 0.2) is 0 Å². The fourth-order valence-electron chi connectivity index (χ4n) is 4.22. The summed E-state index contributed by atoms with van der Waals surface area (Å²) < 4.78 is 2.01. The summed E-state index contributed by atoms with van der Waals surface area (Å²) in [7, 11) is 0. The Morgan fingerprint density at radius 3 is 2.23 bits per heavy atom. The van der Waals surface area contributed by atoms with Crippen molar-refractivity contribution in [2.24, 2.45) is 0 Å². The first-order valence-corrected chi connectivity index (χ1v) is 8.84. The van der Waals surface area contributed by atoms with Gasteiger partial charge in [-0.2, -0.15) is 0 Å². The van der Waals surface area contributed by atoms with Crippen LogP contribution in [0.5, 0.6) is 0 Å². The fraction of sp³-hybridized carbons (Fsp3) is 0. The van der Waals surface area contributed by atoms with Gasteiger partial charge in [0.2, 0.25) is 11.7 Å². The summed E-state index contributed by atoms with van der Waals surface area (Å²) in [5.74, 6) is 0. The van der Waals surface area contributed by atoms with E-state index in [1.165, 1.54) is 38.6 Å². The third-order valence-electron chi connectivity index (χ3n) is 5.28. The van der Waals surface area contributed by atoms with Crippen LogP contribution in [0.15, 0.2) is 91.1 Å². The van der Waals surface area contributed by atoms with E-state index in [4.69, 9.17) is 5.10 Å². The molecule has 1 aliphatic rings. The number of aromatic nitrogens is 2. The van der Waals surface area contributed by atoms with Gasteiger partial charge < -0.3 is 0 Å². The maximum Gasteiger partial charge on any atom is 0.246 e. The van der Waals surface area contributed by atoms with Crippen molar-refractivity contribution in [2.45, 2.75) is 0 Å². The summed E-state index contributed by atoms with van der Waals surface area (Å²) in [5.41, 5.74) is 8.42. The zero-order chi connectivity index (χ0) is 17.1. The van der Waals surface area contributed by atoms with E-state index in [-0.39, 0.29) is 0 Å². The largest absolute Gasteiger partial charge is 0.246 e. The predicted octanol–water partition coefficient (Wildman–Crippen LogP) is 5.29. The van der Waals surface area contributed by atoms with Crippen molar-refractivity contribution >= 4 is 16.3 Å². The van der Waals surface area contributed by atoms with E-state index in [1.807, 2.05) is 16.8 Å². The van der Waals surface area contributed by atoms with E-state index >= 15 is 0 Å².